The van der Waals surface area contributed by atoms with Gasteiger partial charge >= 0.3 is 0 Å². The van der Waals surface area contributed by atoms with E-state index in [-0.39, 0.29) is 5.82 Å². The lowest BCUT2D eigenvalue weighted by Crippen LogP contribution is -2.04. The first-order chi connectivity index (χ1) is 7.70. The third-order valence-electron chi connectivity index (χ3n) is 2.33. The highest BCUT2D eigenvalue weighted by molar-refractivity contribution is 7.09. The number of aryl methyl sites for hydroxylation is 1. The van der Waals surface area contributed by atoms with Gasteiger partial charge in [-0.1, -0.05) is 0 Å². The average molecular weight is 236 g/mol. The van der Waals surface area contributed by atoms with Crippen molar-refractivity contribution in [1.29, 1.82) is 0 Å². The first-order valence-electron chi connectivity index (χ1n) is 5.06. The molecule has 1 N–H and O–H groups in total. The molecule has 0 amide bonds. The van der Waals surface area contributed by atoms with E-state index in [9.17, 15) is 4.39 Å². The molecule has 84 valence electrons. The van der Waals surface area contributed by atoms with E-state index in [1.54, 1.807) is 24.3 Å². The number of rotatable bonds is 3. The molecule has 0 unspecified atom stereocenters. The van der Waals surface area contributed by atoms with Crippen LogP contribution in [0.5, 0.6) is 0 Å². The molecule has 0 fully saturated rings. The van der Waals surface area contributed by atoms with Crippen molar-refractivity contribution >= 4 is 11.3 Å². The van der Waals surface area contributed by atoms with Gasteiger partial charge in [0, 0.05) is 17.5 Å². The largest absolute Gasteiger partial charge is 0.314 e. The number of nitrogens with zero attached hydrogens (tertiary/aromatic N) is 1. The maximum absolute atomic E-state index is 13.1. The molecule has 0 aliphatic rings. The van der Waals surface area contributed by atoms with Crippen molar-refractivity contribution in [2.24, 2.45) is 0 Å². The summed E-state index contributed by atoms with van der Waals surface area (Å²) in [4.78, 5) is 4.47. The molecular formula is C12H13FN2S. The molecule has 0 radical (unpaired) electrons. The number of nitrogens with one attached hydrogen (secondary N) is 1. The van der Waals surface area contributed by atoms with Gasteiger partial charge in [0.15, 0.2) is 0 Å². The molecule has 1 aromatic heterocycles. The first-order valence-corrected chi connectivity index (χ1v) is 5.94. The molecule has 0 aliphatic heterocycles. The average Bonchev–Trinajstić information content (AvgIpc) is 2.71. The van der Waals surface area contributed by atoms with Gasteiger partial charge in [-0.3, -0.25) is 0 Å². The highest BCUT2D eigenvalue weighted by atomic mass is 32.1. The summed E-state index contributed by atoms with van der Waals surface area (Å²) in [7, 11) is 1.89. The lowest BCUT2D eigenvalue weighted by Gasteiger charge is -2.00. The summed E-state index contributed by atoms with van der Waals surface area (Å²) in [5.74, 6) is -0.172. The fourth-order valence-electron chi connectivity index (χ4n) is 1.48. The van der Waals surface area contributed by atoms with E-state index in [0.29, 0.717) is 5.56 Å². The van der Waals surface area contributed by atoms with Crippen molar-refractivity contribution < 1.29 is 4.39 Å². The van der Waals surface area contributed by atoms with Crippen molar-refractivity contribution in [3.63, 3.8) is 0 Å². The summed E-state index contributed by atoms with van der Waals surface area (Å²) < 4.78 is 13.1. The second-order valence-corrected chi connectivity index (χ2v) is 4.56. The van der Waals surface area contributed by atoms with Crippen LogP contribution in [0, 0.1) is 12.7 Å². The molecule has 0 atom stereocenters. The van der Waals surface area contributed by atoms with Gasteiger partial charge in [0.25, 0.3) is 0 Å². The van der Waals surface area contributed by atoms with Gasteiger partial charge in [0.1, 0.15) is 10.8 Å². The fourth-order valence-corrected chi connectivity index (χ4v) is 2.30. The van der Waals surface area contributed by atoms with Gasteiger partial charge in [-0.2, -0.15) is 0 Å². The normalized spacial score (nSPS) is 10.7. The van der Waals surface area contributed by atoms with Crippen molar-refractivity contribution in [3.05, 3.63) is 40.0 Å². The standard InChI is InChI=1S/C12H13FN2S/c1-8-5-9(3-4-10(8)13)11-7-16-12(15-11)6-14-2/h3-5,7,14H,6H2,1-2H3. The minimum absolute atomic E-state index is 0.172. The number of thiazole rings is 1. The molecule has 0 spiro atoms. The molecule has 4 heteroatoms. The highest BCUT2D eigenvalue weighted by Crippen LogP contribution is 2.23. The number of benzene rings is 1. The van der Waals surface area contributed by atoms with Crippen LogP contribution in [0.4, 0.5) is 4.39 Å². The first kappa shape index (κ1) is 11.2. The van der Waals surface area contributed by atoms with E-state index in [4.69, 9.17) is 0 Å². The fraction of sp³-hybridized carbons (Fsp3) is 0.250. The molecule has 0 aliphatic carbocycles. The minimum Gasteiger partial charge on any atom is -0.314 e. The summed E-state index contributed by atoms with van der Waals surface area (Å²) in [6, 6.07) is 5.08. The number of halogens is 1. The summed E-state index contributed by atoms with van der Waals surface area (Å²) in [6.45, 7) is 2.53. The van der Waals surface area contributed by atoms with E-state index in [1.165, 1.54) is 6.07 Å². The molecule has 16 heavy (non-hydrogen) atoms. The predicted octanol–water partition coefficient (Wildman–Crippen LogP) is 2.98. The molecule has 0 bridgehead atoms. The number of hydrogen-bond acceptors (Lipinski definition) is 3. The quantitative estimate of drug-likeness (QED) is 0.886. The number of aromatic nitrogens is 1. The lowest BCUT2D eigenvalue weighted by molar-refractivity contribution is 0.619. The van der Waals surface area contributed by atoms with E-state index in [2.05, 4.69) is 10.3 Å². The molecule has 0 saturated carbocycles. The van der Waals surface area contributed by atoms with Crippen LogP contribution in [0.25, 0.3) is 11.3 Å². The predicted molar refractivity (Wildman–Crippen MR) is 65.0 cm³/mol. The summed E-state index contributed by atoms with van der Waals surface area (Å²) in [5, 5.41) is 6.10. The van der Waals surface area contributed by atoms with Gasteiger partial charge in [-0.05, 0) is 37.7 Å². The van der Waals surface area contributed by atoms with Crippen LogP contribution in [0.3, 0.4) is 0 Å². The van der Waals surface area contributed by atoms with Gasteiger partial charge in [-0.15, -0.1) is 11.3 Å². The Balaban J connectivity index is 2.31. The van der Waals surface area contributed by atoms with Crippen molar-refractivity contribution in [1.82, 2.24) is 10.3 Å². The maximum Gasteiger partial charge on any atom is 0.126 e. The van der Waals surface area contributed by atoms with Crippen LogP contribution in [0.15, 0.2) is 23.6 Å². The monoisotopic (exact) mass is 236 g/mol. The zero-order chi connectivity index (χ0) is 11.5. The smallest absolute Gasteiger partial charge is 0.126 e. The van der Waals surface area contributed by atoms with Crippen LogP contribution >= 0.6 is 11.3 Å². The molecule has 2 rings (SSSR count). The van der Waals surface area contributed by atoms with Crippen LogP contribution in [-0.4, -0.2) is 12.0 Å². The van der Waals surface area contributed by atoms with Gasteiger partial charge in [0.05, 0.1) is 5.69 Å². The molecule has 1 heterocycles. The second kappa shape index (κ2) is 4.72. The van der Waals surface area contributed by atoms with E-state index in [0.717, 1.165) is 22.8 Å². The molecule has 2 nitrogen and oxygen atoms in total. The van der Waals surface area contributed by atoms with Crippen molar-refractivity contribution in [2.45, 2.75) is 13.5 Å². The van der Waals surface area contributed by atoms with Crippen LogP contribution in [0.2, 0.25) is 0 Å². The maximum atomic E-state index is 13.1. The molecule has 2 aromatic rings. The summed E-state index contributed by atoms with van der Waals surface area (Å²) in [5.41, 5.74) is 2.54. The van der Waals surface area contributed by atoms with Crippen molar-refractivity contribution in [3.8, 4) is 11.3 Å². The third-order valence-corrected chi connectivity index (χ3v) is 3.18. The Morgan fingerprint density at radius 1 is 1.44 bits per heavy atom. The van der Waals surface area contributed by atoms with Gasteiger partial charge in [-0.25, -0.2) is 9.37 Å². The van der Waals surface area contributed by atoms with Crippen LogP contribution < -0.4 is 5.32 Å². The van der Waals surface area contributed by atoms with E-state index < -0.39 is 0 Å². The van der Waals surface area contributed by atoms with Gasteiger partial charge in [0.2, 0.25) is 0 Å². The molecule has 1 aromatic carbocycles. The molecule has 0 saturated heterocycles. The van der Waals surface area contributed by atoms with Crippen molar-refractivity contribution in [2.75, 3.05) is 7.05 Å². The van der Waals surface area contributed by atoms with E-state index >= 15 is 0 Å². The van der Waals surface area contributed by atoms with Gasteiger partial charge < -0.3 is 5.32 Å². The van der Waals surface area contributed by atoms with E-state index in [1.807, 2.05) is 18.5 Å². The number of hydrogen-bond donors (Lipinski definition) is 1. The highest BCUT2D eigenvalue weighted by Gasteiger charge is 2.05. The Hall–Kier alpha value is -1.26. The Kier molecular flexibility index (Phi) is 3.31. The summed E-state index contributed by atoms with van der Waals surface area (Å²) in [6.07, 6.45) is 0. The third kappa shape index (κ3) is 2.28. The van der Waals surface area contributed by atoms with Crippen LogP contribution in [-0.2, 0) is 6.54 Å². The Bertz CT molecular complexity index is 494. The SMILES string of the molecule is CNCc1nc(-c2ccc(F)c(C)c2)cs1. The van der Waals surface area contributed by atoms with Crippen LogP contribution in [0.1, 0.15) is 10.6 Å². The second-order valence-electron chi connectivity index (χ2n) is 3.62. The Labute approximate surface area is 98.2 Å². The molecular weight excluding hydrogens is 223 g/mol. The zero-order valence-corrected chi connectivity index (χ0v) is 10.1. The Morgan fingerprint density at radius 2 is 2.25 bits per heavy atom. The minimum atomic E-state index is -0.172. The lowest BCUT2D eigenvalue weighted by atomic mass is 10.1. The Morgan fingerprint density at radius 3 is 2.94 bits per heavy atom. The summed E-state index contributed by atoms with van der Waals surface area (Å²) >= 11 is 1.61. The zero-order valence-electron chi connectivity index (χ0n) is 9.25. The topological polar surface area (TPSA) is 24.9 Å².